The number of carbonyl (C=O) groups excluding carboxylic acids is 2. The largest absolute Gasteiger partial charge is 0.463 e. The third kappa shape index (κ3) is 3.84. The van der Waals surface area contributed by atoms with Crippen molar-refractivity contribution in [1.29, 1.82) is 0 Å². The molecule has 0 atom stereocenters. The fraction of sp³-hybridized carbons (Fsp3) is 0.0833. The third-order valence-electron chi connectivity index (χ3n) is 2.08. The van der Waals surface area contributed by atoms with Gasteiger partial charge in [-0.1, -0.05) is 0 Å². The summed E-state index contributed by atoms with van der Waals surface area (Å²) in [5.74, 6) is -0.260. The fourth-order valence-corrected chi connectivity index (χ4v) is 1.23. The molecule has 2 amide bonds. The molecule has 2 N–H and O–H groups in total. The van der Waals surface area contributed by atoms with E-state index in [1.807, 2.05) is 0 Å². The van der Waals surface area contributed by atoms with Crippen molar-refractivity contribution in [2.75, 3.05) is 6.54 Å². The highest BCUT2D eigenvalue weighted by Crippen LogP contribution is 1.98. The quantitative estimate of drug-likeness (QED) is 0.613. The Morgan fingerprint density at radius 3 is 2.68 bits per heavy atom. The second-order valence-electron chi connectivity index (χ2n) is 3.47. The van der Waals surface area contributed by atoms with Gasteiger partial charge in [-0.05, 0) is 24.3 Å². The number of nitrogens with zero attached hydrogens (tertiary/aromatic N) is 1. The van der Waals surface area contributed by atoms with Crippen LogP contribution in [0.3, 0.4) is 0 Å². The molecule has 0 spiro atoms. The van der Waals surface area contributed by atoms with E-state index in [1.54, 1.807) is 18.2 Å². The minimum absolute atomic E-state index is 0.145. The van der Waals surface area contributed by atoms with Crippen LogP contribution in [0.4, 0.5) is 0 Å². The second kappa shape index (κ2) is 6.20. The van der Waals surface area contributed by atoms with Crippen molar-refractivity contribution in [2.45, 2.75) is 0 Å². The van der Waals surface area contributed by atoms with Crippen molar-refractivity contribution in [1.82, 2.24) is 10.7 Å². The first-order chi connectivity index (χ1) is 9.25. The lowest BCUT2D eigenvalue weighted by atomic mass is 10.4. The first-order valence-corrected chi connectivity index (χ1v) is 5.43. The minimum Gasteiger partial charge on any atom is -0.463 e. The Bertz CT molecular complexity index is 558. The van der Waals surface area contributed by atoms with E-state index in [9.17, 15) is 9.59 Å². The lowest BCUT2D eigenvalue weighted by Crippen LogP contribution is -2.34. The van der Waals surface area contributed by atoms with Crippen LogP contribution in [0.5, 0.6) is 0 Å². The van der Waals surface area contributed by atoms with Crippen molar-refractivity contribution in [3.63, 3.8) is 0 Å². The molecule has 19 heavy (non-hydrogen) atoms. The van der Waals surface area contributed by atoms with Gasteiger partial charge >= 0.3 is 0 Å². The number of rotatable bonds is 5. The van der Waals surface area contributed by atoms with Crippen LogP contribution in [-0.2, 0) is 4.79 Å². The molecule has 2 aromatic heterocycles. The molecule has 2 heterocycles. The molecule has 0 unspecified atom stereocenters. The lowest BCUT2D eigenvalue weighted by Gasteiger charge is -2.01. The molecule has 98 valence electrons. The predicted molar refractivity (Wildman–Crippen MR) is 65.5 cm³/mol. The van der Waals surface area contributed by atoms with Crippen LogP contribution in [-0.4, -0.2) is 24.6 Å². The van der Waals surface area contributed by atoms with E-state index in [1.165, 1.54) is 24.8 Å². The van der Waals surface area contributed by atoms with Crippen molar-refractivity contribution < 1.29 is 18.4 Å². The molecule has 0 saturated carbocycles. The van der Waals surface area contributed by atoms with Gasteiger partial charge in [0.05, 0.1) is 25.3 Å². The van der Waals surface area contributed by atoms with Gasteiger partial charge in [-0.25, -0.2) is 5.43 Å². The first-order valence-electron chi connectivity index (χ1n) is 5.43. The van der Waals surface area contributed by atoms with Gasteiger partial charge < -0.3 is 14.2 Å². The predicted octanol–water partition coefficient (Wildman–Crippen LogP) is 0.753. The fourth-order valence-electron chi connectivity index (χ4n) is 1.23. The summed E-state index contributed by atoms with van der Waals surface area (Å²) in [6, 6.07) is 6.48. The van der Waals surface area contributed by atoms with E-state index in [0.29, 0.717) is 5.76 Å². The zero-order valence-corrected chi connectivity index (χ0v) is 9.83. The molecule has 7 nitrogen and oxygen atoms in total. The van der Waals surface area contributed by atoms with E-state index < -0.39 is 11.8 Å². The van der Waals surface area contributed by atoms with Crippen LogP contribution in [0.25, 0.3) is 0 Å². The number of furan rings is 2. The van der Waals surface area contributed by atoms with Gasteiger partial charge in [-0.3, -0.25) is 9.59 Å². The van der Waals surface area contributed by atoms with E-state index in [2.05, 4.69) is 15.8 Å². The van der Waals surface area contributed by atoms with Gasteiger partial charge in [0.1, 0.15) is 5.76 Å². The van der Waals surface area contributed by atoms with Crippen LogP contribution < -0.4 is 10.7 Å². The highest BCUT2D eigenvalue weighted by Gasteiger charge is 2.09. The summed E-state index contributed by atoms with van der Waals surface area (Å²) in [5, 5.41) is 6.05. The summed E-state index contributed by atoms with van der Waals surface area (Å²) in [5.41, 5.74) is 2.25. The van der Waals surface area contributed by atoms with Gasteiger partial charge in [0.25, 0.3) is 11.8 Å². The molecule has 0 radical (unpaired) electrons. The first kappa shape index (κ1) is 12.6. The highest BCUT2D eigenvalue weighted by atomic mass is 16.3. The Morgan fingerprint density at radius 1 is 1.21 bits per heavy atom. The Hall–Kier alpha value is -2.83. The number of carbonyl (C=O) groups is 2. The van der Waals surface area contributed by atoms with Gasteiger partial charge in [-0.15, -0.1) is 0 Å². The summed E-state index contributed by atoms with van der Waals surface area (Å²) in [4.78, 5) is 22.8. The number of hydrogen-bond donors (Lipinski definition) is 2. The Morgan fingerprint density at radius 2 is 2.00 bits per heavy atom. The van der Waals surface area contributed by atoms with E-state index in [0.717, 1.165) is 0 Å². The molecule has 0 aromatic carbocycles. The number of amides is 2. The Labute approximate surface area is 108 Å². The molecule has 7 heteroatoms. The summed E-state index contributed by atoms with van der Waals surface area (Å²) >= 11 is 0. The van der Waals surface area contributed by atoms with Gasteiger partial charge in [-0.2, -0.15) is 5.10 Å². The van der Waals surface area contributed by atoms with Gasteiger partial charge in [0, 0.05) is 0 Å². The third-order valence-corrected chi connectivity index (χ3v) is 2.08. The van der Waals surface area contributed by atoms with Crippen LogP contribution in [0.1, 0.15) is 16.3 Å². The molecule has 0 bridgehead atoms. The summed E-state index contributed by atoms with van der Waals surface area (Å²) in [7, 11) is 0. The van der Waals surface area contributed by atoms with Crippen LogP contribution in [0.2, 0.25) is 0 Å². The molecular weight excluding hydrogens is 250 g/mol. The molecule has 2 aromatic rings. The van der Waals surface area contributed by atoms with Gasteiger partial charge in [0.15, 0.2) is 5.76 Å². The summed E-state index contributed by atoms with van der Waals surface area (Å²) in [6.07, 6.45) is 4.22. The molecule has 0 aliphatic rings. The summed E-state index contributed by atoms with van der Waals surface area (Å²) in [6.45, 7) is -0.199. The minimum atomic E-state index is -0.463. The average Bonchev–Trinajstić information content (AvgIpc) is 3.08. The van der Waals surface area contributed by atoms with Crippen molar-refractivity contribution in [2.24, 2.45) is 5.10 Å². The maximum absolute atomic E-state index is 11.4. The van der Waals surface area contributed by atoms with Crippen molar-refractivity contribution in [3.8, 4) is 0 Å². The lowest BCUT2D eigenvalue weighted by molar-refractivity contribution is -0.120. The maximum Gasteiger partial charge on any atom is 0.287 e. The van der Waals surface area contributed by atoms with Crippen LogP contribution in [0.15, 0.2) is 50.7 Å². The number of hydrazone groups is 1. The Kier molecular flexibility index (Phi) is 4.12. The average molecular weight is 261 g/mol. The molecular formula is C12H11N3O4. The maximum atomic E-state index is 11.4. The number of nitrogens with one attached hydrogen (secondary N) is 2. The molecule has 2 rings (SSSR count). The van der Waals surface area contributed by atoms with Crippen LogP contribution in [0, 0.1) is 0 Å². The smallest absolute Gasteiger partial charge is 0.287 e. The Balaban J connectivity index is 1.71. The number of hydrogen-bond acceptors (Lipinski definition) is 5. The summed E-state index contributed by atoms with van der Waals surface area (Å²) < 4.78 is 9.85. The molecule has 0 aliphatic heterocycles. The normalized spacial score (nSPS) is 10.5. The SMILES string of the molecule is O=C(CNC(=O)c1ccco1)NN=Cc1ccco1. The van der Waals surface area contributed by atoms with Crippen LogP contribution >= 0.6 is 0 Å². The zero-order valence-electron chi connectivity index (χ0n) is 9.83. The second-order valence-corrected chi connectivity index (χ2v) is 3.47. The zero-order chi connectivity index (χ0) is 13.5. The topological polar surface area (TPSA) is 96.8 Å². The van der Waals surface area contributed by atoms with Crippen molar-refractivity contribution >= 4 is 18.0 Å². The molecule has 0 aliphatic carbocycles. The van der Waals surface area contributed by atoms with E-state index in [4.69, 9.17) is 8.83 Å². The van der Waals surface area contributed by atoms with Crippen molar-refractivity contribution in [3.05, 3.63) is 48.3 Å². The molecule has 0 fully saturated rings. The standard InChI is InChI=1S/C12H11N3O4/c16-11(15-14-7-9-3-1-5-18-9)8-13-12(17)10-4-2-6-19-10/h1-7H,8H2,(H,13,17)(H,15,16). The monoisotopic (exact) mass is 261 g/mol. The van der Waals surface area contributed by atoms with E-state index >= 15 is 0 Å². The highest BCUT2D eigenvalue weighted by molar-refractivity contribution is 5.94. The molecule has 0 saturated heterocycles. The van der Waals surface area contributed by atoms with Gasteiger partial charge in [0.2, 0.25) is 0 Å². The van der Waals surface area contributed by atoms with E-state index in [-0.39, 0.29) is 12.3 Å².